The van der Waals surface area contributed by atoms with E-state index in [1.807, 2.05) is 4.90 Å². The number of anilines is 2. The monoisotopic (exact) mass is 240 g/mol. The zero-order chi connectivity index (χ0) is 12.4. The van der Waals surface area contributed by atoms with Gasteiger partial charge < -0.3 is 10.2 Å². The van der Waals surface area contributed by atoms with Gasteiger partial charge in [0.15, 0.2) is 5.82 Å². The van der Waals surface area contributed by atoms with Gasteiger partial charge in [-0.05, 0) is 25.0 Å². The molecule has 92 valence electrons. The number of halogens is 2. The molecule has 1 saturated heterocycles. The summed E-state index contributed by atoms with van der Waals surface area (Å²) in [6, 6.07) is 2.60. The van der Waals surface area contributed by atoms with Crippen molar-refractivity contribution in [2.75, 3.05) is 23.3 Å². The average molecular weight is 240 g/mol. The molecule has 1 aromatic rings. The van der Waals surface area contributed by atoms with Crippen LogP contribution in [0, 0.1) is 11.6 Å². The molecule has 1 aliphatic rings. The second-order valence-corrected chi connectivity index (χ2v) is 4.13. The summed E-state index contributed by atoms with van der Waals surface area (Å²) in [6.07, 6.45) is 2.01. The highest BCUT2D eigenvalue weighted by Crippen LogP contribution is 2.30. The van der Waals surface area contributed by atoms with Crippen LogP contribution < -0.4 is 10.2 Å². The van der Waals surface area contributed by atoms with Gasteiger partial charge >= 0.3 is 0 Å². The lowest BCUT2D eigenvalue weighted by Crippen LogP contribution is -2.20. The molecule has 5 heteroatoms. The summed E-state index contributed by atoms with van der Waals surface area (Å²) < 4.78 is 27.5. The third-order valence-corrected chi connectivity index (χ3v) is 2.82. The first kappa shape index (κ1) is 11.8. The first-order valence-electron chi connectivity index (χ1n) is 5.60. The number of nitrogens with zero attached hydrogens (tertiary/aromatic N) is 1. The largest absolute Gasteiger partial charge is 0.369 e. The Morgan fingerprint density at radius 1 is 1.29 bits per heavy atom. The van der Waals surface area contributed by atoms with Gasteiger partial charge in [0.05, 0.1) is 5.69 Å². The fourth-order valence-corrected chi connectivity index (χ4v) is 2.03. The normalized spacial score (nSPS) is 15.1. The zero-order valence-electron chi connectivity index (χ0n) is 9.59. The molecule has 1 aromatic carbocycles. The minimum atomic E-state index is -0.749. The molecule has 1 heterocycles. The van der Waals surface area contributed by atoms with Crippen molar-refractivity contribution in [2.24, 2.45) is 0 Å². The predicted molar refractivity (Wildman–Crippen MR) is 62.1 cm³/mol. The Morgan fingerprint density at radius 2 is 1.94 bits per heavy atom. The van der Waals surface area contributed by atoms with Gasteiger partial charge in [-0.15, -0.1) is 0 Å². The van der Waals surface area contributed by atoms with Crippen LogP contribution in [0.25, 0.3) is 0 Å². The fourth-order valence-electron chi connectivity index (χ4n) is 2.03. The van der Waals surface area contributed by atoms with Crippen LogP contribution in [0.15, 0.2) is 12.1 Å². The van der Waals surface area contributed by atoms with Crippen molar-refractivity contribution >= 4 is 17.3 Å². The van der Waals surface area contributed by atoms with Crippen LogP contribution in [0.2, 0.25) is 0 Å². The number of benzene rings is 1. The molecule has 2 rings (SSSR count). The molecule has 0 atom stereocenters. The van der Waals surface area contributed by atoms with E-state index in [2.05, 4.69) is 5.32 Å². The van der Waals surface area contributed by atoms with Crippen LogP contribution in [0.4, 0.5) is 20.2 Å². The maximum atomic E-state index is 14.0. The molecule has 0 spiro atoms. The number of amides is 1. The number of rotatable bonds is 2. The van der Waals surface area contributed by atoms with Crippen LogP contribution >= 0.6 is 0 Å². The molecule has 0 unspecified atom stereocenters. The Bertz CT molecular complexity index is 442. The maximum absolute atomic E-state index is 14.0. The van der Waals surface area contributed by atoms with Gasteiger partial charge in [0.1, 0.15) is 11.5 Å². The first-order valence-corrected chi connectivity index (χ1v) is 5.60. The van der Waals surface area contributed by atoms with E-state index in [-0.39, 0.29) is 5.69 Å². The second-order valence-electron chi connectivity index (χ2n) is 4.13. The minimum absolute atomic E-state index is 0.354. The van der Waals surface area contributed by atoms with Gasteiger partial charge in [-0.25, -0.2) is 8.78 Å². The van der Waals surface area contributed by atoms with Crippen LogP contribution in [0.3, 0.4) is 0 Å². The molecule has 0 bridgehead atoms. The summed E-state index contributed by atoms with van der Waals surface area (Å²) in [6.45, 7) is 2.76. The van der Waals surface area contributed by atoms with Crippen LogP contribution in [0.1, 0.15) is 19.8 Å². The van der Waals surface area contributed by atoms with Gasteiger partial charge in [0.25, 0.3) is 0 Å². The van der Waals surface area contributed by atoms with E-state index in [0.29, 0.717) is 5.69 Å². The third kappa shape index (κ3) is 2.38. The molecule has 1 amide bonds. The van der Waals surface area contributed by atoms with Crippen molar-refractivity contribution in [3.63, 3.8) is 0 Å². The molecule has 0 saturated carbocycles. The second kappa shape index (κ2) is 4.69. The van der Waals surface area contributed by atoms with Gasteiger partial charge in [-0.2, -0.15) is 0 Å². The van der Waals surface area contributed by atoms with Crippen molar-refractivity contribution in [3.8, 4) is 0 Å². The van der Waals surface area contributed by atoms with Crippen LogP contribution in [-0.2, 0) is 4.79 Å². The molecule has 1 fully saturated rings. The SMILES string of the molecule is CC(=O)Nc1c(F)ccc(N2CCCC2)c1F. The van der Waals surface area contributed by atoms with E-state index in [9.17, 15) is 13.6 Å². The van der Waals surface area contributed by atoms with Gasteiger partial charge in [0, 0.05) is 20.0 Å². The lowest BCUT2D eigenvalue weighted by Gasteiger charge is -2.20. The number of hydrogen-bond acceptors (Lipinski definition) is 2. The quantitative estimate of drug-likeness (QED) is 0.861. The van der Waals surface area contributed by atoms with Gasteiger partial charge in [-0.1, -0.05) is 0 Å². The molecular weight excluding hydrogens is 226 g/mol. The molecule has 1 N–H and O–H groups in total. The Hall–Kier alpha value is -1.65. The van der Waals surface area contributed by atoms with Crippen LogP contribution in [0.5, 0.6) is 0 Å². The average Bonchev–Trinajstić information content (AvgIpc) is 2.77. The molecular formula is C12H14F2N2O. The summed E-state index contributed by atoms with van der Waals surface area (Å²) in [4.78, 5) is 12.8. The maximum Gasteiger partial charge on any atom is 0.221 e. The van der Waals surface area contributed by atoms with Crippen molar-refractivity contribution in [1.29, 1.82) is 0 Å². The molecule has 1 aliphatic heterocycles. The summed E-state index contributed by atoms with van der Waals surface area (Å²) in [5.41, 5.74) is -0.00505. The molecule has 0 radical (unpaired) electrons. The van der Waals surface area contributed by atoms with E-state index >= 15 is 0 Å². The topological polar surface area (TPSA) is 32.3 Å². The highest BCUT2D eigenvalue weighted by Gasteiger charge is 2.20. The van der Waals surface area contributed by atoms with E-state index in [1.165, 1.54) is 19.1 Å². The Morgan fingerprint density at radius 3 is 2.53 bits per heavy atom. The fraction of sp³-hybridized carbons (Fsp3) is 0.417. The van der Waals surface area contributed by atoms with Gasteiger partial charge in [0.2, 0.25) is 5.91 Å². The highest BCUT2D eigenvalue weighted by molar-refractivity contribution is 5.89. The first-order chi connectivity index (χ1) is 8.09. The van der Waals surface area contributed by atoms with Crippen molar-refractivity contribution in [2.45, 2.75) is 19.8 Å². The number of carbonyl (C=O) groups excluding carboxylic acids is 1. The zero-order valence-corrected chi connectivity index (χ0v) is 9.59. The number of hydrogen-bond donors (Lipinski definition) is 1. The standard InChI is InChI=1S/C12H14F2N2O/c1-8(17)15-12-9(13)4-5-10(11(12)14)16-6-2-3-7-16/h4-5H,2-3,6-7H2,1H3,(H,15,17). The van der Waals surface area contributed by atoms with E-state index in [4.69, 9.17) is 0 Å². The number of nitrogens with one attached hydrogen (secondary N) is 1. The van der Waals surface area contributed by atoms with Crippen LogP contribution in [-0.4, -0.2) is 19.0 Å². The summed E-state index contributed by atoms with van der Waals surface area (Å²) in [5.74, 6) is -1.93. The summed E-state index contributed by atoms with van der Waals surface area (Å²) in [7, 11) is 0. The van der Waals surface area contributed by atoms with Crippen molar-refractivity contribution in [1.82, 2.24) is 0 Å². The van der Waals surface area contributed by atoms with E-state index in [0.717, 1.165) is 25.9 Å². The Labute approximate surface area is 98.4 Å². The van der Waals surface area contributed by atoms with Crippen molar-refractivity contribution < 1.29 is 13.6 Å². The van der Waals surface area contributed by atoms with E-state index < -0.39 is 17.5 Å². The lowest BCUT2D eigenvalue weighted by molar-refractivity contribution is -0.114. The lowest BCUT2D eigenvalue weighted by atomic mass is 10.2. The number of carbonyl (C=O) groups is 1. The van der Waals surface area contributed by atoms with Crippen molar-refractivity contribution in [3.05, 3.63) is 23.8 Å². The third-order valence-electron chi connectivity index (χ3n) is 2.82. The predicted octanol–water partition coefficient (Wildman–Crippen LogP) is 2.52. The minimum Gasteiger partial charge on any atom is -0.369 e. The van der Waals surface area contributed by atoms with Gasteiger partial charge in [-0.3, -0.25) is 4.79 Å². The van der Waals surface area contributed by atoms with E-state index in [1.54, 1.807) is 0 Å². The molecule has 0 aromatic heterocycles. The highest BCUT2D eigenvalue weighted by atomic mass is 19.1. The molecule has 0 aliphatic carbocycles. The smallest absolute Gasteiger partial charge is 0.221 e. The summed E-state index contributed by atoms with van der Waals surface area (Å²) >= 11 is 0. The molecule has 17 heavy (non-hydrogen) atoms. The molecule has 3 nitrogen and oxygen atoms in total. The Kier molecular flexibility index (Phi) is 3.26. The Balaban J connectivity index is 2.37. The summed E-state index contributed by atoms with van der Waals surface area (Å²) in [5, 5.41) is 2.19.